The number of hydrogen-bond acceptors (Lipinski definition) is 5. The number of Topliss-reactive ketones (excluding diaryl/α,β-unsaturated/α-hetero) is 1. The van der Waals surface area contributed by atoms with Crippen LogP contribution >= 0.6 is 11.8 Å². The number of rotatable bonds is 7. The summed E-state index contributed by atoms with van der Waals surface area (Å²) in [6, 6.07) is 23.5. The molecule has 0 unspecified atom stereocenters. The number of aromatic nitrogens is 2. The molecule has 0 aliphatic heterocycles. The molecule has 0 fully saturated rings. The van der Waals surface area contributed by atoms with E-state index in [1.165, 1.54) is 18.7 Å². The molecule has 34 heavy (non-hydrogen) atoms. The van der Waals surface area contributed by atoms with Crippen molar-refractivity contribution in [1.29, 1.82) is 0 Å². The molecule has 4 rings (SSSR count). The Bertz CT molecular complexity index is 1400. The third kappa shape index (κ3) is 4.94. The molecule has 4 aromatic rings. The minimum Gasteiger partial charge on any atom is -0.325 e. The van der Waals surface area contributed by atoms with Crippen molar-refractivity contribution >= 4 is 40.0 Å². The summed E-state index contributed by atoms with van der Waals surface area (Å²) in [6.45, 7) is 5.24. The van der Waals surface area contributed by atoms with E-state index in [1.807, 2.05) is 49.4 Å². The van der Waals surface area contributed by atoms with Gasteiger partial charge in [-0.25, -0.2) is 4.98 Å². The van der Waals surface area contributed by atoms with Crippen molar-refractivity contribution in [2.45, 2.75) is 37.2 Å². The molecule has 0 saturated heterocycles. The number of amides is 1. The van der Waals surface area contributed by atoms with Gasteiger partial charge in [-0.1, -0.05) is 54.2 Å². The minimum atomic E-state index is -0.519. The van der Waals surface area contributed by atoms with Crippen LogP contribution in [0.3, 0.4) is 0 Å². The van der Waals surface area contributed by atoms with Crippen LogP contribution in [0.4, 0.5) is 5.69 Å². The lowest BCUT2D eigenvalue weighted by atomic mass is 10.1. The molecule has 0 spiro atoms. The lowest BCUT2D eigenvalue weighted by Crippen LogP contribution is -2.29. The number of nitrogens with zero attached hydrogens (tertiary/aromatic N) is 2. The molecule has 2 atom stereocenters. The molecular weight excluding hydrogens is 446 g/mol. The van der Waals surface area contributed by atoms with Crippen LogP contribution in [0.1, 0.15) is 42.7 Å². The Labute approximate surface area is 202 Å². The van der Waals surface area contributed by atoms with Crippen LogP contribution in [0.15, 0.2) is 88.8 Å². The fraction of sp³-hybridized carbons (Fsp3) is 0.185. The van der Waals surface area contributed by atoms with Crippen LogP contribution < -0.4 is 10.9 Å². The van der Waals surface area contributed by atoms with E-state index in [2.05, 4.69) is 5.32 Å². The van der Waals surface area contributed by atoms with Gasteiger partial charge in [0.15, 0.2) is 10.9 Å². The molecule has 0 bridgehead atoms. The van der Waals surface area contributed by atoms with Gasteiger partial charge in [-0.2, -0.15) is 0 Å². The topological polar surface area (TPSA) is 81.1 Å². The van der Waals surface area contributed by atoms with Gasteiger partial charge in [0.1, 0.15) is 0 Å². The van der Waals surface area contributed by atoms with E-state index in [1.54, 1.807) is 47.9 Å². The maximum Gasteiger partial charge on any atom is 0.262 e. The highest BCUT2D eigenvalue weighted by atomic mass is 32.2. The van der Waals surface area contributed by atoms with E-state index in [9.17, 15) is 14.4 Å². The van der Waals surface area contributed by atoms with Crippen molar-refractivity contribution in [2.24, 2.45) is 0 Å². The first kappa shape index (κ1) is 23.4. The molecular formula is C27H25N3O3S. The van der Waals surface area contributed by atoms with Crippen LogP contribution in [-0.4, -0.2) is 26.5 Å². The predicted molar refractivity (Wildman–Crippen MR) is 137 cm³/mol. The van der Waals surface area contributed by atoms with Gasteiger partial charge in [0.2, 0.25) is 5.91 Å². The van der Waals surface area contributed by atoms with E-state index < -0.39 is 5.25 Å². The summed E-state index contributed by atoms with van der Waals surface area (Å²) in [5.74, 6) is -0.253. The fourth-order valence-corrected chi connectivity index (χ4v) is 4.66. The average molecular weight is 472 g/mol. The van der Waals surface area contributed by atoms with E-state index in [0.717, 1.165) is 5.56 Å². The highest BCUT2D eigenvalue weighted by Crippen LogP contribution is 2.28. The average Bonchev–Trinajstić information content (AvgIpc) is 2.84. The molecule has 172 valence electrons. The molecule has 6 nitrogen and oxygen atoms in total. The lowest BCUT2D eigenvalue weighted by molar-refractivity contribution is -0.115. The van der Waals surface area contributed by atoms with E-state index in [0.29, 0.717) is 27.3 Å². The second-order valence-electron chi connectivity index (χ2n) is 8.06. The molecule has 0 aliphatic carbocycles. The SMILES string of the molecule is CC(=O)c1ccc(NC(=O)[C@H](C)Sc2nc3ccccc3c(=O)n2[C@H](C)c2ccccc2)cc1. The first-order valence-electron chi connectivity index (χ1n) is 11.0. The zero-order valence-electron chi connectivity index (χ0n) is 19.2. The normalized spacial score (nSPS) is 12.8. The molecule has 1 heterocycles. The largest absolute Gasteiger partial charge is 0.325 e. The third-order valence-electron chi connectivity index (χ3n) is 5.66. The zero-order valence-corrected chi connectivity index (χ0v) is 20.0. The summed E-state index contributed by atoms with van der Waals surface area (Å²) in [7, 11) is 0. The number of fused-ring (bicyclic) bond motifs is 1. The summed E-state index contributed by atoms with van der Waals surface area (Å²) in [6.07, 6.45) is 0. The van der Waals surface area contributed by atoms with Gasteiger partial charge in [0.25, 0.3) is 5.56 Å². The maximum absolute atomic E-state index is 13.5. The third-order valence-corrected chi connectivity index (χ3v) is 6.72. The summed E-state index contributed by atoms with van der Waals surface area (Å²) >= 11 is 1.24. The van der Waals surface area contributed by atoms with E-state index in [-0.39, 0.29) is 23.3 Å². The Morgan fingerprint density at radius 2 is 1.56 bits per heavy atom. The van der Waals surface area contributed by atoms with Gasteiger partial charge in [-0.3, -0.25) is 19.0 Å². The Hall–Kier alpha value is -3.71. The number of carbonyl (C=O) groups is 2. The Balaban J connectivity index is 1.65. The second-order valence-corrected chi connectivity index (χ2v) is 9.36. The first-order chi connectivity index (χ1) is 16.3. The van der Waals surface area contributed by atoms with Crippen molar-refractivity contribution in [3.8, 4) is 0 Å². The second kappa shape index (κ2) is 10.1. The number of carbonyl (C=O) groups excluding carboxylic acids is 2. The number of hydrogen-bond donors (Lipinski definition) is 1. The smallest absolute Gasteiger partial charge is 0.262 e. The maximum atomic E-state index is 13.5. The van der Waals surface area contributed by atoms with E-state index in [4.69, 9.17) is 4.98 Å². The van der Waals surface area contributed by atoms with Gasteiger partial charge >= 0.3 is 0 Å². The van der Waals surface area contributed by atoms with Crippen LogP contribution in [0, 0.1) is 0 Å². The quantitative estimate of drug-likeness (QED) is 0.224. The minimum absolute atomic E-state index is 0.0327. The summed E-state index contributed by atoms with van der Waals surface area (Å²) in [5.41, 5.74) is 2.62. The predicted octanol–water partition coefficient (Wildman–Crippen LogP) is 5.33. The van der Waals surface area contributed by atoms with Crippen molar-refractivity contribution < 1.29 is 9.59 Å². The molecule has 1 aromatic heterocycles. The van der Waals surface area contributed by atoms with Crippen molar-refractivity contribution in [3.05, 3.63) is 100 Å². The summed E-state index contributed by atoms with van der Waals surface area (Å²) < 4.78 is 1.66. The fourth-order valence-electron chi connectivity index (χ4n) is 3.67. The molecule has 7 heteroatoms. The standard InChI is InChI=1S/C27H25N3O3S/c1-17(20-9-5-4-6-10-20)30-26(33)23-11-7-8-12-24(23)29-27(30)34-19(3)25(32)28-22-15-13-21(14-16-22)18(2)31/h4-17,19H,1-3H3,(H,28,32)/t17-,19+/m1/s1. The molecule has 1 N–H and O–H groups in total. The number of para-hydroxylation sites is 1. The lowest BCUT2D eigenvalue weighted by Gasteiger charge is -2.21. The van der Waals surface area contributed by atoms with Crippen molar-refractivity contribution in [3.63, 3.8) is 0 Å². The zero-order chi connectivity index (χ0) is 24.2. The number of benzene rings is 3. The highest BCUT2D eigenvalue weighted by molar-refractivity contribution is 8.00. The molecule has 0 radical (unpaired) electrons. The first-order valence-corrected chi connectivity index (χ1v) is 11.9. The molecule has 3 aromatic carbocycles. The van der Waals surface area contributed by atoms with Crippen LogP contribution in [0.5, 0.6) is 0 Å². The van der Waals surface area contributed by atoms with Crippen LogP contribution in [0.2, 0.25) is 0 Å². The van der Waals surface area contributed by atoms with Gasteiger partial charge in [0, 0.05) is 11.3 Å². The van der Waals surface area contributed by atoms with Crippen LogP contribution in [0.25, 0.3) is 10.9 Å². The number of thioether (sulfide) groups is 1. The van der Waals surface area contributed by atoms with Gasteiger partial charge in [-0.05, 0) is 62.7 Å². The molecule has 0 saturated carbocycles. The number of nitrogens with one attached hydrogen (secondary N) is 1. The molecule has 1 amide bonds. The van der Waals surface area contributed by atoms with Gasteiger partial charge in [0.05, 0.1) is 22.2 Å². The molecule has 0 aliphatic rings. The monoisotopic (exact) mass is 471 g/mol. The Morgan fingerprint density at radius 3 is 2.24 bits per heavy atom. The van der Waals surface area contributed by atoms with Gasteiger partial charge in [-0.15, -0.1) is 0 Å². The summed E-state index contributed by atoms with van der Waals surface area (Å²) in [4.78, 5) is 42.6. The number of anilines is 1. The van der Waals surface area contributed by atoms with Crippen molar-refractivity contribution in [1.82, 2.24) is 9.55 Å². The summed E-state index contributed by atoms with van der Waals surface area (Å²) in [5, 5.41) is 3.38. The Kier molecular flexibility index (Phi) is 6.93. The van der Waals surface area contributed by atoms with Gasteiger partial charge < -0.3 is 5.32 Å². The van der Waals surface area contributed by atoms with Crippen LogP contribution in [-0.2, 0) is 4.79 Å². The Morgan fingerprint density at radius 1 is 0.912 bits per heavy atom. The van der Waals surface area contributed by atoms with Crippen molar-refractivity contribution in [2.75, 3.05) is 5.32 Å². The van der Waals surface area contributed by atoms with E-state index >= 15 is 0 Å². The number of ketones is 1. The highest BCUT2D eigenvalue weighted by Gasteiger charge is 2.22.